The molecular formula is C35H44N2O4S. The van der Waals surface area contributed by atoms with Gasteiger partial charge in [0.1, 0.15) is 19.0 Å². The Bertz CT molecular complexity index is 1330. The third-order valence-corrected chi connectivity index (χ3v) is 8.98. The summed E-state index contributed by atoms with van der Waals surface area (Å²) in [7, 11) is 0. The third-order valence-electron chi connectivity index (χ3n) is 8.29. The van der Waals surface area contributed by atoms with Gasteiger partial charge in [-0.1, -0.05) is 49.7 Å². The van der Waals surface area contributed by atoms with Crippen molar-refractivity contribution in [1.29, 1.82) is 0 Å². The molecule has 3 aromatic carbocycles. The minimum atomic E-state index is 0.0322. The Labute approximate surface area is 255 Å². The molecule has 0 bridgehead atoms. The number of ether oxygens (including phenoxy) is 3. The highest BCUT2D eigenvalue weighted by Gasteiger charge is 2.35. The highest BCUT2D eigenvalue weighted by Crippen LogP contribution is 2.43. The molecule has 224 valence electrons. The van der Waals surface area contributed by atoms with Crippen molar-refractivity contribution < 1.29 is 19.0 Å². The normalized spacial score (nSPS) is 18.2. The van der Waals surface area contributed by atoms with Crippen molar-refractivity contribution in [2.75, 3.05) is 50.2 Å². The van der Waals surface area contributed by atoms with Gasteiger partial charge in [0.15, 0.2) is 11.5 Å². The van der Waals surface area contributed by atoms with Crippen LogP contribution in [0.2, 0.25) is 0 Å². The molecule has 42 heavy (non-hydrogen) atoms. The standard InChI is InChI=1S/C35H44N2O4S/c1-5-25-18-24(3)19-26(6-2)35(25)36-34(38)23-37-22-29(28-10-13-32-33(21-28)41-16-15-40-32)20-31(37)27-8-11-30(12-9-27)39-14-7-17-42-4/h8-13,18-19,21,29,31H,5-7,14-17,20,22-23H2,1-4H3,(H,36,38). The molecule has 2 atom stereocenters. The summed E-state index contributed by atoms with van der Waals surface area (Å²) in [5.41, 5.74) is 7.04. The molecule has 1 amide bonds. The number of hydrogen-bond donors (Lipinski definition) is 1. The lowest BCUT2D eigenvalue weighted by molar-refractivity contribution is -0.117. The maximum atomic E-state index is 13.6. The van der Waals surface area contributed by atoms with E-state index >= 15 is 0 Å². The van der Waals surface area contributed by atoms with E-state index in [1.165, 1.54) is 27.8 Å². The first-order valence-corrected chi connectivity index (χ1v) is 16.7. The van der Waals surface area contributed by atoms with E-state index in [1.807, 2.05) is 17.8 Å². The van der Waals surface area contributed by atoms with Crippen molar-refractivity contribution in [3.8, 4) is 17.2 Å². The fraction of sp³-hybridized carbons (Fsp3) is 0.457. The number of carbonyl (C=O) groups excluding carboxylic acids is 1. The van der Waals surface area contributed by atoms with Gasteiger partial charge in [0.05, 0.1) is 13.2 Å². The van der Waals surface area contributed by atoms with Gasteiger partial charge < -0.3 is 19.5 Å². The number of thioether (sulfide) groups is 1. The third kappa shape index (κ3) is 7.24. The highest BCUT2D eigenvalue weighted by molar-refractivity contribution is 7.98. The van der Waals surface area contributed by atoms with Crippen molar-refractivity contribution >= 4 is 23.4 Å². The second kappa shape index (κ2) is 14.3. The van der Waals surface area contributed by atoms with Crippen LogP contribution in [0.1, 0.15) is 66.5 Å². The molecule has 1 fully saturated rings. The molecule has 6 nitrogen and oxygen atoms in total. The summed E-state index contributed by atoms with van der Waals surface area (Å²) in [5, 5.41) is 3.31. The van der Waals surface area contributed by atoms with Crippen molar-refractivity contribution in [3.05, 3.63) is 82.4 Å². The Kier molecular flexibility index (Phi) is 10.3. The molecule has 2 aliphatic heterocycles. The molecule has 0 aromatic heterocycles. The Balaban J connectivity index is 1.36. The fourth-order valence-corrected chi connectivity index (χ4v) is 6.59. The summed E-state index contributed by atoms with van der Waals surface area (Å²) in [6.07, 6.45) is 5.84. The molecule has 5 rings (SSSR count). The van der Waals surface area contributed by atoms with E-state index in [0.717, 1.165) is 67.5 Å². The number of nitrogens with zero attached hydrogens (tertiary/aromatic N) is 1. The van der Waals surface area contributed by atoms with Gasteiger partial charge in [-0.05, 0) is 97.1 Å². The Morgan fingerprint density at radius 3 is 2.36 bits per heavy atom. The second-order valence-corrected chi connectivity index (χ2v) is 12.2. The maximum absolute atomic E-state index is 13.6. The predicted octanol–water partition coefficient (Wildman–Crippen LogP) is 7.19. The number of anilines is 1. The molecule has 3 aromatic rings. The number of amides is 1. The van der Waals surface area contributed by atoms with Crippen LogP contribution in [0.4, 0.5) is 5.69 Å². The van der Waals surface area contributed by atoms with Crippen molar-refractivity contribution in [2.45, 2.75) is 58.4 Å². The summed E-state index contributed by atoms with van der Waals surface area (Å²) < 4.78 is 17.6. The largest absolute Gasteiger partial charge is 0.494 e. The molecule has 2 unspecified atom stereocenters. The zero-order chi connectivity index (χ0) is 29.5. The van der Waals surface area contributed by atoms with Crippen LogP contribution in [0, 0.1) is 6.92 Å². The van der Waals surface area contributed by atoms with Crippen LogP contribution in [0.3, 0.4) is 0 Å². The zero-order valence-corrected chi connectivity index (χ0v) is 26.2. The van der Waals surface area contributed by atoms with Gasteiger partial charge in [-0.3, -0.25) is 9.69 Å². The lowest BCUT2D eigenvalue weighted by atomic mass is 9.93. The minimum Gasteiger partial charge on any atom is -0.494 e. The average Bonchev–Trinajstić information content (AvgIpc) is 3.43. The van der Waals surface area contributed by atoms with E-state index in [9.17, 15) is 4.79 Å². The van der Waals surface area contributed by atoms with E-state index in [0.29, 0.717) is 19.8 Å². The topological polar surface area (TPSA) is 60.0 Å². The van der Waals surface area contributed by atoms with Gasteiger partial charge in [-0.2, -0.15) is 11.8 Å². The van der Waals surface area contributed by atoms with E-state index in [4.69, 9.17) is 14.2 Å². The van der Waals surface area contributed by atoms with Crippen LogP contribution >= 0.6 is 11.8 Å². The van der Waals surface area contributed by atoms with Gasteiger partial charge >= 0.3 is 0 Å². The van der Waals surface area contributed by atoms with Crippen molar-refractivity contribution in [2.24, 2.45) is 0 Å². The van der Waals surface area contributed by atoms with Gasteiger partial charge in [0.25, 0.3) is 0 Å². The van der Waals surface area contributed by atoms with E-state index in [1.54, 1.807) is 0 Å². The second-order valence-electron chi connectivity index (χ2n) is 11.3. The summed E-state index contributed by atoms with van der Waals surface area (Å²) in [5.74, 6) is 3.92. The van der Waals surface area contributed by atoms with E-state index < -0.39 is 0 Å². The molecule has 1 N–H and O–H groups in total. The lowest BCUT2D eigenvalue weighted by Crippen LogP contribution is -2.33. The molecule has 0 saturated carbocycles. The first-order valence-electron chi connectivity index (χ1n) is 15.3. The quantitative estimate of drug-likeness (QED) is 0.226. The number of hydrogen-bond acceptors (Lipinski definition) is 6. The lowest BCUT2D eigenvalue weighted by Gasteiger charge is -2.25. The molecule has 7 heteroatoms. The van der Waals surface area contributed by atoms with Gasteiger partial charge in [0, 0.05) is 18.3 Å². The SMILES string of the molecule is CCc1cc(C)cc(CC)c1NC(=O)CN1CC(c2ccc3c(c2)OCCO3)CC1c1ccc(OCCCSC)cc1. The van der Waals surface area contributed by atoms with Crippen LogP contribution in [-0.2, 0) is 17.6 Å². The molecule has 0 aliphatic carbocycles. The molecule has 0 radical (unpaired) electrons. The smallest absolute Gasteiger partial charge is 0.238 e. The number of benzene rings is 3. The Hall–Kier alpha value is -3.16. The van der Waals surface area contributed by atoms with Crippen molar-refractivity contribution in [3.63, 3.8) is 0 Å². The van der Waals surface area contributed by atoms with Gasteiger partial charge in [-0.25, -0.2) is 0 Å². The molecule has 2 heterocycles. The monoisotopic (exact) mass is 588 g/mol. The number of rotatable bonds is 12. The summed E-state index contributed by atoms with van der Waals surface area (Å²) in [4.78, 5) is 15.9. The Morgan fingerprint density at radius 1 is 0.976 bits per heavy atom. The fourth-order valence-electron chi connectivity index (χ4n) is 6.18. The first-order chi connectivity index (χ1) is 20.5. The van der Waals surface area contributed by atoms with Gasteiger partial charge in [0.2, 0.25) is 5.91 Å². The predicted molar refractivity (Wildman–Crippen MR) is 173 cm³/mol. The van der Waals surface area contributed by atoms with Crippen LogP contribution < -0.4 is 19.5 Å². The zero-order valence-electron chi connectivity index (χ0n) is 25.4. The molecule has 1 saturated heterocycles. The maximum Gasteiger partial charge on any atom is 0.238 e. The van der Waals surface area contributed by atoms with Crippen LogP contribution in [-0.4, -0.2) is 55.7 Å². The first kappa shape index (κ1) is 30.3. The van der Waals surface area contributed by atoms with Gasteiger partial charge in [-0.15, -0.1) is 0 Å². The average molecular weight is 589 g/mol. The minimum absolute atomic E-state index is 0.0322. The number of carbonyl (C=O) groups is 1. The number of likely N-dealkylation sites (tertiary alicyclic amines) is 1. The Morgan fingerprint density at radius 2 is 1.67 bits per heavy atom. The number of aryl methyl sites for hydroxylation is 3. The van der Waals surface area contributed by atoms with Crippen LogP contribution in [0.15, 0.2) is 54.6 Å². The molecular weight excluding hydrogens is 544 g/mol. The number of fused-ring (bicyclic) bond motifs is 1. The van der Waals surface area contributed by atoms with E-state index in [2.05, 4.69) is 85.8 Å². The van der Waals surface area contributed by atoms with Crippen LogP contribution in [0.5, 0.6) is 17.2 Å². The highest BCUT2D eigenvalue weighted by atomic mass is 32.2. The van der Waals surface area contributed by atoms with Crippen molar-refractivity contribution in [1.82, 2.24) is 4.90 Å². The summed E-state index contributed by atoms with van der Waals surface area (Å²) in [6.45, 7) is 9.41. The number of nitrogens with one attached hydrogen (secondary N) is 1. The van der Waals surface area contributed by atoms with E-state index in [-0.39, 0.29) is 17.9 Å². The summed E-state index contributed by atoms with van der Waals surface area (Å²) in [6, 6.07) is 19.3. The summed E-state index contributed by atoms with van der Waals surface area (Å²) >= 11 is 1.84. The molecule has 0 spiro atoms. The molecule has 2 aliphatic rings. The van der Waals surface area contributed by atoms with Crippen LogP contribution in [0.25, 0.3) is 0 Å².